The van der Waals surface area contributed by atoms with Gasteiger partial charge in [0.2, 0.25) is 0 Å². The summed E-state index contributed by atoms with van der Waals surface area (Å²) >= 11 is 0. The van der Waals surface area contributed by atoms with Gasteiger partial charge < -0.3 is 29.6 Å². The van der Waals surface area contributed by atoms with Crippen LogP contribution in [0.2, 0.25) is 0 Å². The molecule has 0 aliphatic heterocycles. The summed E-state index contributed by atoms with van der Waals surface area (Å²) in [6.45, 7) is 0. The van der Waals surface area contributed by atoms with Crippen LogP contribution in [0.1, 0.15) is 12.8 Å². The molecule has 0 atom stereocenters. The van der Waals surface area contributed by atoms with Crippen LogP contribution in [0.25, 0.3) is 22.3 Å². The molecule has 0 spiro atoms. The lowest BCUT2D eigenvalue weighted by molar-refractivity contribution is -0.170. The summed E-state index contributed by atoms with van der Waals surface area (Å²) < 4.78 is 8.08. The normalized spacial score (nSPS) is 11.0. The predicted molar refractivity (Wildman–Crippen MR) is 139 cm³/mol. The molecule has 0 unspecified atom stereocenters. The number of aliphatic carboxylic acids is 3. The average molecular weight is 581 g/mol. The highest BCUT2D eigenvalue weighted by molar-refractivity contribution is 5.88. The van der Waals surface area contributed by atoms with Crippen molar-refractivity contribution in [3.63, 3.8) is 0 Å². The monoisotopic (exact) mass is 580 g/mol. The Hall–Kier alpha value is -5.33. The van der Waals surface area contributed by atoms with Gasteiger partial charge in [-0.1, -0.05) is 0 Å². The lowest BCUT2D eigenvalue weighted by Crippen LogP contribution is -2.42. The molecule has 0 bridgehead atoms. The van der Waals surface area contributed by atoms with Crippen molar-refractivity contribution in [3.8, 4) is 0 Å². The van der Waals surface area contributed by atoms with Crippen molar-refractivity contribution in [2.75, 3.05) is 0 Å². The number of carbonyl (C=O) groups is 3. The number of aryl methyl sites for hydroxylation is 4. The van der Waals surface area contributed by atoms with Crippen LogP contribution >= 0.6 is 0 Å². The molecule has 0 radical (unpaired) electrons. The number of aliphatic hydroxyl groups is 1. The number of aromatic nitrogens is 8. The first kappa shape index (κ1) is 31.9. The van der Waals surface area contributed by atoms with Crippen LogP contribution in [0.3, 0.4) is 0 Å². The molecule has 0 aromatic carbocycles. The summed E-state index contributed by atoms with van der Waals surface area (Å²) in [6, 6.07) is 0. The smallest absolute Gasteiger partial charge is 0.336 e. The maximum atomic E-state index is 11.7. The van der Waals surface area contributed by atoms with Gasteiger partial charge in [-0.3, -0.25) is 37.4 Å². The summed E-state index contributed by atoms with van der Waals surface area (Å²) in [4.78, 5) is 84.8. The zero-order valence-corrected chi connectivity index (χ0v) is 22.8. The molecule has 0 aliphatic carbocycles. The van der Waals surface area contributed by atoms with E-state index in [4.69, 9.17) is 20.4 Å². The van der Waals surface area contributed by atoms with Gasteiger partial charge in [-0.15, -0.1) is 0 Å². The third-order valence-electron chi connectivity index (χ3n) is 5.92. The van der Waals surface area contributed by atoms with Crippen molar-refractivity contribution in [1.29, 1.82) is 0 Å². The van der Waals surface area contributed by atoms with E-state index >= 15 is 0 Å². The Morgan fingerprint density at radius 3 is 1.24 bits per heavy atom. The standard InChI is InChI=1S/2C8H10N4O2.C6H8O7/c2*1-10-4-9-6-5(10)7(13)12(3)8(14)11(6)2;7-3(8)1-6(13,5(11)12)2-4(9)10/h2*4H,1-3H3;13H,1-2H2,(H,7,8)(H,9,10)(H,11,12). The van der Waals surface area contributed by atoms with Crippen molar-refractivity contribution in [2.45, 2.75) is 18.4 Å². The molecule has 4 heterocycles. The van der Waals surface area contributed by atoms with E-state index < -0.39 is 36.4 Å². The highest BCUT2D eigenvalue weighted by Gasteiger charge is 2.40. The van der Waals surface area contributed by atoms with Crippen molar-refractivity contribution < 1.29 is 34.8 Å². The van der Waals surface area contributed by atoms with Crippen molar-refractivity contribution in [2.24, 2.45) is 42.3 Å². The third-order valence-corrected chi connectivity index (χ3v) is 5.92. The first-order valence-corrected chi connectivity index (χ1v) is 11.4. The molecule has 4 N–H and O–H groups in total. The molecule has 222 valence electrons. The van der Waals surface area contributed by atoms with Crippen LogP contribution < -0.4 is 22.5 Å². The SMILES string of the molecule is Cn1c(=O)c2c(ncn2C)n(C)c1=O.Cn1c(=O)c2c(ncn2C)n(C)c1=O.O=C(O)CC(O)(CC(=O)O)C(=O)O. The molecule has 0 saturated heterocycles. The molecule has 4 rings (SSSR count). The van der Waals surface area contributed by atoms with E-state index in [0.717, 1.165) is 9.13 Å². The molecule has 4 aromatic heterocycles. The van der Waals surface area contributed by atoms with E-state index in [1.807, 2.05) is 0 Å². The van der Waals surface area contributed by atoms with Crippen LogP contribution in [0, 0.1) is 0 Å². The summed E-state index contributed by atoms with van der Waals surface area (Å²) in [5.74, 6) is -5.02. The Kier molecular flexibility index (Phi) is 9.19. The fourth-order valence-electron chi connectivity index (χ4n) is 3.66. The van der Waals surface area contributed by atoms with Gasteiger partial charge in [0.15, 0.2) is 27.9 Å². The summed E-state index contributed by atoms with van der Waals surface area (Å²) in [5, 5.41) is 33.8. The number of fused-ring (bicyclic) bond motifs is 2. The van der Waals surface area contributed by atoms with Gasteiger partial charge in [-0.2, -0.15) is 0 Å². The molecular weight excluding hydrogens is 552 g/mol. The Balaban J connectivity index is 0.000000216. The van der Waals surface area contributed by atoms with Crippen LogP contribution in [-0.4, -0.2) is 81.3 Å². The minimum atomic E-state index is -2.74. The lowest BCUT2D eigenvalue weighted by atomic mass is 9.96. The van der Waals surface area contributed by atoms with Gasteiger partial charge in [0.05, 0.1) is 25.5 Å². The van der Waals surface area contributed by atoms with Crippen LogP contribution in [0.4, 0.5) is 0 Å². The van der Waals surface area contributed by atoms with Gasteiger partial charge in [0.1, 0.15) is 0 Å². The van der Waals surface area contributed by atoms with E-state index in [9.17, 15) is 33.6 Å². The largest absolute Gasteiger partial charge is 0.481 e. The van der Waals surface area contributed by atoms with Gasteiger partial charge in [-0.05, 0) is 0 Å². The van der Waals surface area contributed by atoms with Gasteiger partial charge in [0.25, 0.3) is 11.1 Å². The number of rotatable bonds is 5. The Labute approximate surface area is 228 Å². The number of imidazole rings is 2. The predicted octanol–water partition coefficient (Wildman–Crippen LogP) is -3.31. The average Bonchev–Trinajstić information content (AvgIpc) is 3.46. The summed E-state index contributed by atoms with van der Waals surface area (Å²) in [5.41, 5.74) is -2.38. The fraction of sp³-hybridized carbons (Fsp3) is 0.409. The number of nitrogens with zero attached hydrogens (tertiary/aromatic N) is 8. The topological polar surface area (TPSA) is 256 Å². The van der Waals surface area contributed by atoms with Crippen LogP contribution in [0.15, 0.2) is 31.8 Å². The lowest BCUT2D eigenvalue weighted by Gasteiger charge is -2.18. The second-order valence-electron chi connectivity index (χ2n) is 8.94. The second-order valence-corrected chi connectivity index (χ2v) is 8.94. The molecule has 0 aliphatic rings. The Morgan fingerprint density at radius 1 is 0.659 bits per heavy atom. The molecule has 0 saturated carbocycles. The quantitative estimate of drug-likeness (QED) is 0.181. The minimum absolute atomic E-state index is 0.317. The first-order chi connectivity index (χ1) is 18.8. The third kappa shape index (κ3) is 6.30. The molecular formula is C22H28N8O11. The van der Waals surface area contributed by atoms with Crippen LogP contribution in [0.5, 0.6) is 0 Å². The van der Waals surface area contributed by atoms with E-state index in [0.29, 0.717) is 22.3 Å². The van der Waals surface area contributed by atoms with E-state index in [2.05, 4.69) is 9.97 Å². The molecule has 19 heteroatoms. The van der Waals surface area contributed by atoms with Crippen molar-refractivity contribution >= 4 is 40.2 Å². The zero-order valence-electron chi connectivity index (χ0n) is 22.8. The molecule has 41 heavy (non-hydrogen) atoms. The number of carboxylic acids is 3. The molecule has 0 amide bonds. The van der Waals surface area contributed by atoms with Crippen LogP contribution in [-0.2, 0) is 56.7 Å². The Bertz CT molecular complexity index is 1770. The highest BCUT2D eigenvalue weighted by Crippen LogP contribution is 2.15. The fourth-order valence-corrected chi connectivity index (χ4v) is 3.66. The molecule has 19 nitrogen and oxygen atoms in total. The van der Waals surface area contributed by atoms with Gasteiger partial charge >= 0.3 is 29.3 Å². The second kappa shape index (κ2) is 11.8. The first-order valence-electron chi connectivity index (χ1n) is 11.4. The van der Waals surface area contributed by atoms with Gasteiger partial charge in [0, 0.05) is 42.3 Å². The maximum absolute atomic E-state index is 11.7. The molecule has 0 fully saturated rings. The number of carboxylic acid groups (broad SMARTS) is 3. The van der Waals surface area contributed by atoms with Crippen molar-refractivity contribution in [3.05, 3.63) is 54.3 Å². The van der Waals surface area contributed by atoms with E-state index in [-0.39, 0.29) is 22.5 Å². The van der Waals surface area contributed by atoms with E-state index in [1.54, 1.807) is 37.3 Å². The highest BCUT2D eigenvalue weighted by atomic mass is 16.4. The van der Waals surface area contributed by atoms with Gasteiger partial charge in [-0.25, -0.2) is 24.4 Å². The Morgan fingerprint density at radius 2 is 0.976 bits per heavy atom. The number of hydrogen-bond acceptors (Lipinski definition) is 10. The summed E-state index contributed by atoms with van der Waals surface area (Å²) in [6.07, 6.45) is 0.750. The zero-order chi connectivity index (χ0) is 31.6. The summed E-state index contributed by atoms with van der Waals surface area (Å²) in [7, 11) is 9.55. The van der Waals surface area contributed by atoms with E-state index in [1.165, 1.54) is 35.9 Å². The molecule has 4 aromatic rings. The van der Waals surface area contributed by atoms with Crippen molar-refractivity contribution in [1.82, 2.24) is 37.4 Å². The minimum Gasteiger partial charge on any atom is -0.481 e. The maximum Gasteiger partial charge on any atom is 0.336 e. The number of hydrogen-bond donors (Lipinski definition) is 4.